The van der Waals surface area contributed by atoms with E-state index in [4.69, 9.17) is 9.47 Å². The Morgan fingerprint density at radius 3 is 2.00 bits per heavy atom. The van der Waals surface area contributed by atoms with E-state index in [1.807, 2.05) is 34.6 Å². The number of alkyl halides is 6. The van der Waals surface area contributed by atoms with Crippen molar-refractivity contribution in [3.63, 3.8) is 0 Å². The zero-order valence-electron chi connectivity index (χ0n) is 20.1. The van der Waals surface area contributed by atoms with Gasteiger partial charge in [-0.25, -0.2) is 9.59 Å². The van der Waals surface area contributed by atoms with Crippen molar-refractivity contribution in [3.05, 3.63) is 11.1 Å². The summed E-state index contributed by atoms with van der Waals surface area (Å²) in [6.07, 6.45) is -17.9. The van der Waals surface area contributed by atoms with E-state index in [1.54, 1.807) is 6.92 Å². The van der Waals surface area contributed by atoms with E-state index in [0.717, 1.165) is 0 Å². The van der Waals surface area contributed by atoms with Crippen molar-refractivity contribution in [1.29, 1.82) is 0 Å². The summed E-state index contributed by atoms with van der Waals surface area (Å²) in [5.74, 6) is -5.70. The van der Waals surface area contributed by atoms with Crippen LogP contribution in [0.15, 0.2) is 11.1 Å². The second-order valence-electron chi connectivity index (χ2n) is 11.2. The molecule has 0 amide bonds. The first-order valence-electron chi connectivity index (χ1n) is 11.2. The summed E-state index contributed by atoms with van der Waals surface area (Å²) >= 11 is 0. The van der Waals surface area contributed by atoms with Gasteiger partial charge in [0.15, 0.2) is 0 Å². The van der Waals surface area contributed by atoms with Crippen LogP contribution in [-0.4, -0.2) is 48.6 Å². The van der Waals surface area contributed by atoms with Crippen molar-refractivity contribution >= 4 is 17.9 Å². The summed E-state index contributed by atoms with van der Waals surface area (Å²) < 4.78 is 92.4. The molecule has 2 aliphatic carbocycles. The van der Waals surface area contributed by atoms with Crippen molar-refractivity contribution in [2.45, 2.75) is 85.0 Å². The Balaban J connectivity index is 1.90. The van der Waals surface area contributed by atoms with Gasteiger partial charge in [0.25, 0.3) is 6.10 Å². The highest BCUT2D eigenvalue weighted by molar-refractivity contribution is 6.04. The van der Waals surface area contributed by atoms with Crippen LogP contribution in [-0.2, 0) is 28.6 Å². The fourth-order valence-corrected chi connectivity index (χ4v) is 5.33. The Morgan fingerprint density at radius 2 is 1.54 bits per heavy atom. The highest BCUT2D eigenvalue weighted by atomic mass is 19.4. The van der Waals surface area contributed by atoms with Crippen LogP contribution >= 0.6 is 0 Å². The first-order chi connectivity index (χ1) is 15.7. The molecule has 3 aliphatic rings. The van der Waals surface area contributed by atoms with Gasteiger partial charge in [-0.05, 0) is 31.1 Å². The molecule has 1 heterocycles. The largest absolute Gasteiger partial charge is 0.457 e. The molecule has 6 nitrogen and oxygen atoms in total. The summed E-state index contributed by atoms with van der Waals surface area (Å²) in [7, 11) is 0. The van der Waals surface area contributed by atoms with Crippen LogP contribution in [0.2, 0.25) is 0 Å². The number of ether oxygens (including phenoxy) is 3. The zero-order chi connectivity index (χ0) is 26.9. The molecular formula is C23H28F6O6. The SMILES string of the molecule is CC(C)C(C)(CC(C)(C)C)C(=O)OC1C2CC3C(=C2C(=O)OC(C(F)(F)F)C(F)(F)F)C(=O)OC31. The molecule has 0 aromatic carbocycles. The minimum absolute atomic E-state index is 0.00842. The van der Waals surface area contributed by atoms with E-state index >= 15 is 0 Å². The maximum atomic E-state index is 13.3. The van der Waals surface area contributed by atoms with Crippen LogP contribution in [0.4, 0.5) is 26.3 Å². The molecule has 0 radical (unpaired) electrons. The van der Waals surface area contributed by atoms with Crippen molar-refractivity contribution in [1.82, 2.24) is 0 Å². The quantitative estimate of drug-likeness (QED) is 0.285. The highest BCUT2D eigenvalue weighted by Crippen LogP contribution is 2.56. The number of esters is 3. The molecular weight excluding hydrogens is 486 g/mol. The van der Waals surface area contributed by atoms with E-state index in [1.165, 1.54) is 0 Å². The lowest BCUT2D eigenvalue weighted by atomic mass is 9.68. The Morgan fingerprint density at radius 1 is 1.00 bits per heavy atom. The average Bonchev–Trinajstić information content (AvgIpc) is 3.26. The standard InChI is InChI=1S/C23H28F6O6/c1-9(2)21(6,8-20(3,4)5)19(32)34-15-11-7-10-12(16(30)33-14(10)15)13(11)17(31)35-18(22(24,25)26)23(27,28)29/h9-11,14-15,18H,7-8H2,1-6H3. The zero-order valence-corrected chi connectivity index (χ0v) is 20.1. The number of fused-ring (bicyclic) bond motifs is 1. The highest BCUT2D eigenvalue weighted by Gasteiger charge is 2.66. The van der Waals surface area contributed by atoms with Crippen molar-refractivity contribution in [3.8, 4) is 0 Å². The van der Waals surface area contributed by atoms with Crippen LogP contribution in [0.3, 0.4) is 0 Å². The molecule has 1 saturated heterocycles. The number of rotatable bonds is 6. The number of carbonyl (C=O) groups excluding carboxylic acids is 3. The predicted octanol–water partition coefficient (Wildman–Crippen LogP) is 4.90. The molecule has 0 spiro atoms. The Kier molecular flexibility index (Phi) is 6.56. The topological polar surface area (TPSA) is 78.9 Å². The van der Waals surface area contributed by atoms with Gasteiger partial charge in [0, 0.05) is 11.8 Å². The van der Waals surface area contributed by atoms with Gasteiger partial charge >= 0.3 is 30.3 Å². The minimum Gasteiger partial charge on any atom is -0.457 e. The molecule has 5 atom stereocenters. The molecule has 0 N–H and O–H groups in total. The Bertz CT molecular complexity index is 930. The van der Waals surface area contributed by atoms with E-state index in [-0.39, 0.29) is 23.3 Å². The molecule has 1 aliphatic heterocycles. The first kappa shape index (κ1) is 27.3. The lowest BCUT2D eigenvalue weighted by Gasteiger charge is -2.38. The number of carbonyl (C=O) groups is 3. The number of hydrogen-bond donors (Lipinski definition) is 0. The Labute approximate surface area is 198 Å². The third-order valence-corrected chi connectivity index (χ3v) is 7.04. The first-order valence-corrected chi connectivity index (χ1v) is 11.2. The molecule has 2 fully saturated rings. The average molecular weight is 514 g/mol. The minimum atomic E-state index is -5.91. The molecule has 0 aromatic rings. The summed E-state index contributed by atoms with van der Waals surface area (Å²) in [6.45, 7) is 11.1. The fraction of sp³-hybridized carbons (Fsp3) is 0.783. The van der Waals surface area contributed by atoms with E-state index < -0.39 is 71.4 Å². The maximum absolute atomic E-state index is 13.3. The van der Waals surface area contributed by atoms with Gasteiger partial charge in [-0.2, -0.15) is 26.3 Å². The maximum Gasteiger partial charge on any atom is 0.434 e. The molecule has 35 heavy (non-hydrogen) atoms. The third-order valence-electron chi connectivity index (χ3n) is 7.04. The van der Waals surface area contributed by atoms with Crippen LogP contribution in [0, 0.1) is 28.6 Å². The Hall–Kier alpha value is -2.27. The summed E-state index contributed by atoms with van der Waals surface area (Å²) in [5, 5.41) is 0. The molecule has 12 heteroatoms. The molecule has 1 saturated carbocycles. The van der Waals surface area contributed by atoms with Crippen LogP contribution < -0.4 is 0 Å². The molecule has 3 rings (SSSR count). The van der Waals surface area contributed by atoms with Gasteiger partial charge < -0.3 is 14.2 Å². The van der Waals surface area contributed by atoms with Crippen LogP contribution in [0.5, 0.6) is 0 Å². The summed E-state index contributed by atoms with van der Waals surface area (Å²) in [4.78, 5) is 38.2. The van der Waals surface area contributed by atoms with E-state index in [2.05, 4.69) is 4.74 Å². The van der Waals surface area contributed by atoms with E-state index in [0.29, 0.717) is 6.42 Å². The summed E-state index contributed by atoms with van der Waals surface area (Å²) in [6, 6.07) is 0. The van der Waals surface area contributed by atoms with E-state index in [9.17, 15) is 40.7 Å². The molecule has 2 bridgehead atoms. The second-order valence-corrected chi connectivity index (χ2v) is 11.2. The van der Waals surface area contributed by atoms with Crippen LogP contribution in [0.1, 0.15) is 54.4 Å². The molecule has 5 unspecified atom stereocenters. The van der Waals surface area contributed by atoms with Crippen molar-refractivity contribution in [2.75, 3.05) is 0 Å². The van der Waals surface area contributed by atoms with Gasteiger partial charge in [-0.15, -0.1) is 0 Å². The van der Waals surface area contributed by atoms with Crippen LogP contribution in [0.25, 0.3) is 0 Å². The molecule has 198 valence electrons. The number of halogens is 6. The van der Waals surface area contributed by atoms with Crippen molar-refractivity contribution in [2.24, 2.45) is 28.6 Å². The monoisotopic (exact) mass is 514 g/mol. The van der Waals surface area contributed by atoms with Gasteiger partial charge in [0.05, 0.1) is 16.6 Å². The van der Waals surface area contributed by atoms with Gasteiger partial charge in [-0.1, -0.05) is 34.6 Å². The summed E-state index contributed by atoms with van der Waals surface area (Å²) in [5.41, 5.74) is -2.22. The number of hydrogen-bond acceptors (Lipinski definition) is 6. The van der Waals surface area contributed by atoms with Gasteiger partial charge in [0.2, 0.25) is 0 Å². The lowest BCUT2D eigenvalue weighted by molar-refractivity contribution is -0.312. The normalized spacial score (nSPS) is 28.0. The smallest absolute Gasteiger partial charge is 0.434 e. The van der Waals surface area contributed by atoms with Gasteiger partial charge in [0.1, 0.15) is 12.2 Å². The van der Waals surface area contributed by atoms with Crippen molar-refractivity contribution < 1.29 is 54.9 Å². The fourth-order valence-electron chi connectivity index (χ4n) is 5.33. The van der Waals surface area contributed by atoms with Gasteiger partial charge in [-0.3, -0.25) is 4.79 Å². The third kappa shape index (κ3) is 4.89. The lowest BCUT2D eigenvalue weighted by Crippen LogP contribution is -2.47. The second kappa shape index (κ2) is 8.40. The predicted molar refractivity (Wildman–Crippen MR) is 107 cm³/mol. The molecule has 0 aromatic heterocycles.